The molecule has 8 N–H and O–H groups in total. The molecule has 0 radical (unpaired) electrons. The molecule has 0 fully saturated rings. The van der Waals surface area contributed by atoms with Crippen molar-refractivity contribution in [3.63, 3.8) is 0 Å². The molecule has 3 amide bonds. The first-order valence-corrected chi connectivity index (χ1v) is 6.06. The first-order chi connectivity index (χ1) is 10.5. The Bertz CT molecular complexity index is 515. The van der Waals surface area contributed by atoms with E-state index >= 15 is 0 Å². The third-order valence-corrected chi connectivity index (χ3v) is 2.30. The van der Waals surface area contributed by atoms with Crippen LogP contribution >= 0.6 is 0 Å². The van der Waals surface area contributed by atoms with Gasteiger partial charge in [0, 0.05) is 12.1 Å². The predicted octanol–water partition coefficient (Wildman–Crippen LogP) is -0.425. The Kier molecular flexibility index (Phi) is 9.56. The molecule has 0 unspecified atom stereocenters. The lowest BCUT2D eigenvalue weighted by molar-refractivity contribution is -0.106. The second-order valence-electron chi connectivity index (χ2n) is 3.87. The van der Waals surface area contributed by atoms with E-state index in [4.69, 9.17) is 24.3 Å². The SMILES string of the molecule is COc1ccc2c(c1)C=C(CNO)CO2.NC(N)=O.NC=O. The van der Waals surface area contributed by atoms with Crippen LogP contribution in [0.2, 0.25) is 0 Å². The van der Waals surface area contributed by atoms with Gasteiger partial charge < -0.3 is 31.9 Å². The van der Waals surface area contributed by atoms with Crippen molar-refractivity contribution in [3.8, 4) is 11.5 Å². The highest BCUT2D eigenvalue weighted by atomic mass is 16.5. The highest BCUT2D eigenvalue weighted by Crippen LogP contribution is 2.29. The molecule has 9 nitrogen and oxygen atoms in total. The number of primary amides is 3. The van der Waals surface area contributed by atoms with Crippen molar-refractivity contribution in [1.29, 1.82) is 0 Å². The number of hydrogen-bond donors (Lipinski definition) is 5. The second kappa shape index (κ2) is 10.9. The Labute approximate surface area is 127 Å². The van der Waals surface area contributed by atoms with Gasteiger partial charge in [0.1, 0.15) is 18.1 Å². The number of ether oxygens (including phenoxy) is 2. The van der Waals surface area contributed by atoms with E-state index in [0.717, 1.165) is 22.6 Å². The number of carbonyl (C=O) groups excluding carboxylic acids is 2. The lowest BCUT2D eigenvalue weighted by Gasteiger charge is -2.18. The highest BCUT2D eigenvalue weighted by molar-refractivity contribution is 5.69. The van der Waals surface area contributed by atoms with E-state index in [0.29, 0.717) is 13.2 Å². The first kappa shape index (κ1) is 19.2. The summed E-state index contributed by atoms with van der Waals surface area (Å²) in [5, 5.41) is 8.60. The molecule has 0 atom stereocenters. The summed E-state index contributed by atoms with van der Waals surface area (Å²) >= 11 is 0. The number of rotatable bonds is 3. The van der Waals surface area contributed by atoms with E-state index in [-0.39, 0.29) is 6.41 Å². The van der Waals surface area contributed by atoms with Gasteiger partial charge in [-0.15, -0.1) is 0 Å². The number of benzene rings is 1. The summed E-state index contributed by atoms with van der Waals surface area (Å²) in [6.45, 7) is 0.920. The molecule has 22 heavy (non-hydrogen) atoms. The van der Waals surface area contributed by atoms with Crippen molar-refractivity contribution in [3.05, 3.63) is 29.3 Å². The largest absolute Gasteiger partial charge is 0.497 e. The summed E-state index contributed by atoms with van der Waals surface area (Å²) in [6.07, 6.45) is 2.24. The second-order valence-corrected chi connectivity index (χ2v) is 3.87. The Balaban J connectivity index is 0.000000537. The molecule has 122 valence electrons. The fraction of sp³-hybridized carbons (Fsp3) is 0.231. The van der Waals surface area contributed by atoms with Gasteiger partial charge in [-0.3, -0.25) is 4.79 Å². The summed E-state index contributed by atoms with van der Waals surface area (Å²) in [6, 6.07) is 4.82. The average molecular weight is 312 g/mol. The van der Waals surface area contributed by atoms with Crippen LogP contribution in [-0.2, 0) is 4.79 Å². The predicted molar refractivity (Wildman–Crippen MR) is 80.3 cm³/mol. The molecule has 2 rings (SSSR count). The average Bonchev–Trinajstić information content (AvgIpc) is 2.47. The summed E-state index contributed by atoms with van der Waals surface area (Å²) in [5.74, 6) is 1.64. The van der Waals surface area contributed by atoms with Crippen LogP contribution in [0.25, 0.3) is 6.08 Å². The molecule has 9 heteroatoms. The van der Waals surface area contributed by atoms with Gasteiger partial charge >= 0.3 is 6.03 Å². The van der Waals surface area contributed by atoms with Crippen molar-refractivity contribution >= 4 is 18.5 Å². The quantitative estimate of drug-likeness (QED) is 0.375. The molecule has 1 aromatic carbocycles. The number of amides is 3. The van der Waals surface area contributed by atoms with Crippen LogP contribution in [0.1, 0.15) is 5.56 Å². The number of carbonyl (C=O) groups is 2. The molecule has 1 aromatic rings. The van der Waals surface area contributed by atoms with Gasteiger partial charge in [0.25, 0.3) is 0 Å². The van der Waals surface area contributed by atoms with Gasteiger partial charge in [-0.2, -0.15) is 0 Å². The normalized spacial score (nSPS) is 11.1. The van der Waals surface area contributed by atoms with Crippen molar-refractivity contribution in [1.82, 2.24) is 5.48 Å². The van der Waals surface area contributed by atoms with E-state index < -0.39 is 6.03 Å². The van der Waals surface area contributed by atoms with Gasteiger partial charge in [-0.1, -0.05) is 0 Å². The van der Waals surface area contributed by atoms with Crippen LogP contribution in [0.4, 0.5) is 4.79 Å². The number of nitrogens with two attached hydrogens (primary N) is 3. The minimum atomic E-state index is -0.833. The highest BCUT2D eigenvalue weighted by Gasteiger charge is 2.11. The molecule has 0 saturated carbocycles. The number of hydroxylamine groups is 1. The number of methoxy groups -OCH3 is 1. The number of urea groups is 1. The molecule has 0 saturated heterocycles. The van der Waals surface area contributed by atoms with E-state index in [2.05, 4.69) is 22.7 Å². The first-order valence-electron chi connectivity index (χ1n) is 6.06. The van der Waals surface area contributed by atoms with Crippen LogP contribution in [0.15, 0.2) is 23.8 Å². The molecular formula is C13H20N4O5. The molecule has 1 aliphatic heterocycles. The minimum absolute atomic E-state index is 0.250. The minimum Gasteiger partial charge on any atom is -0.497 e. The molecular weight excluding hydrogens is 292 g/mol. The van der Waals surface area contributed by atoms with Gasteiger partial charge in [0.2, 0.25) is 6.41 Å². The van der Waals surface area contributed by atoms with Gasteiger partial charge in [0.15, 0.2) is 0 Å². The van der Waals surface area contributed by atoms with Crippen LogP contribution in [0.3, 0.4) is 0 Å². The summed E-state index contributed by atoms with van der Waals surface area (Å²) < 4.78 is 10.6. The zero-order valence-electron chi connectivity index (χ0n) is 12.1. The van der Waals surface area contributed by atoms with Crippen LogP contribution < -0.4 is 32.2 Å². The summed E-state index contributed by atoms with van der Waals surface area (Å²) in [5.41, 5.74) is 16.8. The lowest BCUT2D eigenvalue weighted by atomic mass is 10.1. The fourth-order valence-corrected chi connectivity index (χ4v) is 1.53. The van der Waals surface area contributed by atoms with E-state index in [1.165, 1.54) is 0 Å². The van der Waals surface area contributed by atoms with Crippen molar-refractivity contribution in [2.24, 2.45) is 17.2 Å². The zero-order valence-corrected chi connectivity index (χ0v) is 12.1. The standard InChI is InChI=1S/C11H13NO3.CH4N2O.CH3NO/c1-14-10-2-3-11-9(5-10)4-8(6-12-13)7-15-11;2-1(3)4;2-1-3/h2-5,12-13H,6-7H2,1H3;(H4,2,3,4);1H,(H2,2,3). The maximum atomic E-state index is 9.00. The van der Waals surface area contributed by atoms with Crippen LogP contribution in [0.5, 0.6) is 11.5 Å². The fourth-order valence-electron chi connectivity index (χ4n) is 1.53. The summed E-state index contributed by atoms with van der Waals surface area (Å²) in [7, 11) is 1.63. The number of hydrogen-bond acceptors (Lipinski definition) is 6. The van der Waals surface area contributed by atoms with E-state index in [1.807, 2.05) is 24.3 Å². The number of nitrogens with one attached hydrogen (secondary N) is 1. The molecule has 0 aliphatic carbocycles. The van der Waals surface area contributed by atoms with Crippen molar-refractivity contribution in [2.45, 2.75) is 0 Å². The lowest BCUT2D eigenvalue weighted by Crippen LogP contribution is -2.18. The molecule has 0 aromatic heterocycles. The maximum absolute atomic E-state index is 9.00. The third-order valence-electron chi connectivity index (χ3n) is 2.30. The van der Waals surface area contributed by atoms with Crippen molar-refractivity contribution < 1.29 is 24.3 Å². The monoisotopic (exact) mass is 312 g/mol. The molecule has 0 bridgehead atoms. The zero-order chi connectivity index (χ0) is 17.0. The van der Waals surface area contributed by atoms with Crippen LogP contribution in [0, 0.1) is 0 Å². The Morgan fingerprint density at radius 1 is 1.50 bits per heavy atom. The van der Waals surface area contributed by atoms with Crippen LogP contribution in [-0.4, -0.2) is 37.9 Å². The van der Waals surface area contributed by atoms with E-state index in [1.54, 1.807) is 7.11 Å². The Morgan fingerprint density at radius 2 is 2.09 bits per heavy atom. The van der Waals surface area contributed by atoms with Crippen molar-refractivity contribution in [2.75, 3.05) is 20.3 Å². The van der Waals surface area contributed by atoms with Gasteiger partial charge in [0.05, 0.1) is 7.11 Å². The Morgan fingerprint density at radius 3 is 2.59 bits per heavy atom. The Hall–Kier alpha value is -2.78. The molecule has 0 spiro atoms. The smallest absolute Gasteiger partial charge is 0.309 e. The summed E-state index contributed by atoms with van der Waals surface area (Å²) in [4.78, 5) is 17.6. The van der Waals surface area contributed by atoms with Gasteiger partial charge in [-0.25, -0.2) is 10.3 Å². The molecule has 1 heterocycles. The van der Waals surface area contributed by atoms with Gasteiger partial charge in [-0.05, 0) is 29.8 Å². The maximum Gasteiger partial charge on any atom is 0.309 e. The van der Waals surface area contributed by atoms with E-state index in [9.17, 15) is 0 Å². The molecule has 1 aliphatic rings. The topological polar surface area (TPSA) is 163 Å². The number of fused-ring (bicyclic) bond motifs is 1. The third kappa shape index (κ3) is 7.72.